The fourth-order valence-electron chi connectivity index (χ4n) is 0.197. The lowest BCUT2D eigenvalue weighted by Crippen LogP contribution is -2.21. The highest BCUT2D eigenvalue weighted by Crippen LogP contribution is 2.02. The van der Waals surface area contributed by atoms with Gasteiger partial charge in [0.15, 0.2) is 0 Å². The molecule has 0 fully saturated rings. The molecule has 6 heteroatoms. The zero-order chi connectivity index (χ0) is 8.15. The Bertz CT molecular complexity index is 146. The summed E-state index contributed by atoms with van der Waals surface area (Å²) in [6.45, 7) is 0. The van der Waals surface area contributed by atoms with Crippen molar-refractivity contribution in [2.75, 3.05) is 5.33 Å². The third kappa shape index (κ3) is 3.84. The van der Waals surface area contributed by atoms with Crippen LogP contribution in [0.2, 0.25) is 0 Å². The van der Waals surface area contributed by atoms with Gasteiger partial charge in [-0.3, -0.25) is 4.79 Å². The van der Waals surface area contributed by atoms with Crippen molar-refractivity contribution in [3.8, 4) is 0 Å². The molecule has 0 rings (SSSR count). The van der Waals surface area contributed by atoms with Crippen molar-refractivity contribution >= 4 is 43.8 Å². The molecule has 58 valence electrons. The van der Waals surface area contributed by atoms with Crippen molar-refractivity contribution in [3.05, 3.63) is 0 Å². The third-order valence-corrected chi connectivity index (χ3v) is 1.57. The molecule has 0 aliphatic rings. The third-order valence-electron chi connectivity index (χ3n) is 0.538. The van der Waals surface area contributed by atoms with Gasteiger partial charge >= 0.3 is 11.9 Å². The van der Waals surface area contributed by atoms with Gasteiger partial charge < -0.3 is 9.84 Å². The van der Waals surface area contributed by atoms with E-state index in [2.05, 4.69) is 36.6 Å². The molecule has 0 saturated heterocycles. The Morgan fingerprint density at radius 3 is 2.40 bits per heavy atom. The summed E-state index contributed by atoms with van der Waals surface area (Å²) in [6, 6.07) is 0. The molecule has 0 aromatic rings. The lowest BCUT2D eigenvalue weighted by atomic mass is 10.7. The van der Waals surface area contributed by atoms with E-state index >= 15 is 0 Å². The molecule has 0 radical (unpaired) electrons. The van der Waals surface area contributed by atoms with Gasteiger partial charge in [-0.2, -0.15) is 0 Å². The number of carboxylic acid groups (broad SMARTS) is 1. The van der Waals surface area contributed by atoms with Crippen molar-refractivity contribution in [1.82, 2.24) is 0 Å². The first kappa shape index (κ1) is 9.90. The number of hydrogen-bond acceptors (Lipinski definition) is 3. The minimum Gasteiger partial charge on any atom is -0.478 e. The Balaban J connectivity index is 3.68. The molecule has 10 heavy (non-hydrogen) atoms. The van der Waals surface area contributed by atoms with Crippen LogP contribution in [0.1, 0.15) is 0 Å². The van der Waals surface area contributed by atoms with Crippen molar-refractivity contribution < 1.29 is 19.4 Å². The van der Waals surface area contributed by atoms with Crippen LogP contribution in [-0.2, 0) is 14.3 Å². The molecule has 0 spiro atoms. The monoisotopic (exact) mass is 274 g/mol. The highest BCUT2D eigenvalue weighted by Gasteiger charge is 2.16. The van der Waals surface area contributed by atoms with Crippen LogP contribution in [-0.4, -0.2) is 27.4 Å². The second-order valence-corrected chi connectivity index (χ2v) is 2.67. The van der Waals surface area contributed by atoms with Gasteiger partial charge in [-0.15, -0.1) is 0 Å². The van der Waals surface area contributed by atoms with E-state index in [1.807, 2.05) is 0 Å². The van der Waals surface area contributed by atoms with E-state index in [-0.39, 0.29) is 5.33 Å². The fraction of sp³-hybridized carbons (Fsp3) is 0.500. The van der Waals surface area contributed by atoms with Crippen LogP contribution >= 0.6 is 31.9 Å². The van der Waals surface area contributed by atoms with E-state index in [9.17, 15) is 9.59 Å². The molecule has 0 heterocycles. The van der Waals surface area contributed by atoms with Crippen LogP contribution in [0.25, 0.3) is 0 Å². The minimum absolute atomic E-state index is 0.0115. The molecule has 1 unspecified atom stereocenters. The molecule has 0 saturated carbocycles. The van der Waals surface area contributed by atoms with E-state index in [1.165, 1.54) is 0 Å². The van der Waals surface area contributed by atoms with Gasteiger partial charge in [0.05, 0.1) is 0 Å². The highest BCUT2D eigenvalue weighted by molar-refractivity contribution is 9.10. The molecule has 1 N–H and O–H groups in total. The zero-order valence-electron chi connectivity index (χ0n) is 4.71. The van der Waals surface area contributed by atoms with Crippen molar-refractivity contribution in [2.24, 2.45) is 0 Å². The van der Waals surface area contributed by atoms with Crippen LogP contribution in [0.3, 0.4) is 0 Å². The number of hydrogen-bond donors (Lipinski definition) is 1. The predicted octanol–water partition coefficient (Wildman–Crippen LogP) is 0.730. The summed E-state index contributed by atoms with van der Waals surface area (Å²) in [5.41, 5.74) is 0. The molecule has 0 aliphatic heterocycles. The molecular formula is C4H4Br2O4. The summed E-state index contributed by atoms with van der Waals surface area (Å²) in [5.74, 6) is -1.85. The zero-order valence-corrected chi connectivity index (χ0v) is 7.88. The number of esters is 1. The van der Waals surface area contributed by atoms with E-state index in [0.717, 1.165) is 0 Å². The molecule has 0 aromatic heterocycles. The summed E-state index contributed by atoms with van der Waals surface area (Å²) in [7, 11) is 0. The Kier molecular flexibility index (Phi) is 4.63. The number of carbonyl (C=O) groups is 2. The maximum absolute atomic E-state index is 10.4. The van der Waals surface area contributed by atoms with Gasteiger partial charge in [0.2, 0.25) is 0 Å². The first-order valence-electron chi connectivity index (χ1n) is 2.20. The molecule has 0 amide bonds. The lowest BCUT2D eigenvalue weighted by molar-refractivity contribution is -0.155. The molecule has 0 aromatic carbocycles. The molecule has 4 nitrogen and oxygen atoms in total. The van der Waals surface area contributed by atoms with Gasteiger partial charge in [0.25, 0.3) is 5.01 Å². The number of rotatable bonds is 3. The number of ether oxygens (including phenoxy) is 1. The van der Waals surface area contributed by atoms with Gasteiger partial charge in [-0.05, 0) is 15.9 Å². The molecule has 0 aliphatic carbocycles. The highest BCUT2D eigenvalue weighted by atomic mass is 79.9. The standard InChI is InChI=1S/C4H4Br2O4/c5-1-2(7)10-3(6)4(8)9/h3H,1H2,(H,8,9). The average Bonchev–Trinajstić information content (AvgIpc) is 1.87. The second kappa shape index (κ2) is 4.68. The van der Waals surface area contributed by atoms with Crippen LogP contribution in [0, 0.1) is 0 Å². The maximum Gasteiger partial charge on any atom is 0.356 e. The van der Waals surface area contributed by atoms with Gasteiger partial charge in [-0.1, -0.05) is 15.9 Å². The van der Waals surface area contributed by atoms with Gasteiger partial charge in [0, 0.05) is 0 Å². The van der Waals surface area contributed by atoms with Crippen LogP contribution in [0.4, 0.5) is 0 Å². The van der Waals surface area contributed by atoms with Crippen molar-refractivity contribution in [1.29, 1.82) is 0 Å². The average molecular weight is 276 g/mol. The Morgan fingerprint density at radius 1 is 1.60 bits per heavy atom. The van der Waals surface area contributed by atoms with Crippen LogP contribution in [0.5, 0.6) is 0 Å². The van der Waals surface area contributed by atoms with Gasteiger partial charge in [0.1, 0.15) is 5.33 Å². The number of carboxylic acids is 1. The smallest absolute Gasteiger partial charge is 0.356 e. The summed E-state index contributed by atoms with van der Waals surface area (Å²) < 4.78 is 4.29. The summed E-state index contributed by atoms with van der Waals surface area (Å²) >= 11 is 5.42. The maximum atomic E-state index is 10.4. The summed E-state index contributed by atoms with van der Waals surface area (Å²) in [6.07, 6.45) is 0. The number of aliphatic carboxylic acids is 1. The Hall–Kier alpha value is -0.100. The van der Waals surface area contributed by atoms with E-state index < -0.39 is 17.0 Å². The molecule has 0 bridgehead atoms. The molecular weight excluding hydrogens is 272 g/mol. The summed E-state index contributed by atoms with van der Waals surface area (Å²) in [5, 5.41) is 6.92. The molecule has 1 atom stereocenters. The van der Waals surface area contributed by atoms with E-state index in [1.54, 1.807) is 0 Å². The van der Waals surface area contributed by atoms with Gasteiger partial charge in [-0.25, -0.2) is 4.79 Å². The number of carbonyl (C=O) groups excluding carboxylic acids is 1. The van der Waals surface area contributed by atoms with Crippen molar-refractivity contribution in [3.63, 3.8) is 0 Å². The largest absolute Gasteiger partial charge is 0.478 e. The second-order valence-electron chi connectivity index (χ2n) is 1.28. The number of alkyl halides is 2. The van der Waals surface area contributed by atoms with Crippen LogP contribution < -0.4 is 0 Å². The first-order chi connectivity index (χ1) is 4.57. The SMILES string of the molecule is O=C(CBr)OC(Br)C(=O)O. The Morgan fingerprint density at radius 2 is 2.10 bits per heavy atom. The normalized spacial score (nSPS) is 12.2. The lowest BCUT2D eigenvalue weighted by Gasteiger charge is -2.03. The van der Waals surface area contributed by atoms with E-state index in [4.69, 9.17) is 5.11 Å². The number of halogens is 2. The quantitative estimate of drug-likeness (QED) is 0.609. The topological polar surface area (TPSA) is 63.6 Å². The summed E-state index contributed by atoms with van der Waals surface area (Å²) in [4.78, 5) is 20.4. The van der Waals surface area contributed by atoms with E-state index in [0.29, 0.717) is 0 Å². The van der Waals surface area contributed by atoms with Crippen molar-refractivity contribution in [2.45, 2.75) is 5.01 Å². The minimum atomic E-state index is -1.25. The first-order valence-corrected chi connectivity index (χ1v) is 4.24. The predicted molar refractivity (Wildman–Crippen MR) is 40.2 cm³/mol. The Labute approximate surface area is 73.8 Å². The van der Waals surface area contributed by atoms with Crippen LogP contribution in [0.15, 0.2) is 0 Å². The fourth-order valence-corrected chi connectivity index (χ4v) is 0.538.